The van der Waals surface area contributed by atoms with Crippen LogP contribution >= 0.6 is 11.3 Å². The lowest BCUT2D eigenvalue weighted by molar-refractivity contribution is 0.0706. The number of amides is 1. The Morgan fingerprint density at radius 3 is 3.00 bits per heavy atom. The molecule has 4 rings (SSSR count). The first-order valence-electron chi connectivity index (χ1n) is 8.25. The molecule has 6 heteroatoms. The molecule has 0 aliphatic carbocycles. The molecular weight excluding hydrogens is 320 g/mol. The summed E-state index contributed by atoms with van der Waals surface area (Å²) in [6, 6.07) is 6.11. The standard InChI is InChI=1S/C18H20N4OS/c1-12-15-5-6-16(19-17(15)21(2)20-12)13-4-3-8-22(10-13)18(23)14-7-9-24-11-14/h5-7,9,11,13H,3-4,8,10H2,1-2H3/t13-/m0/s1. The lowest BCUT2D eigenvalue weighted by atomic mass is 9.93. The third kappa shape index (κ3) is 2.60. The lowest BCUT2D eigenvalue weighted by Gasteiger charge is -2.32. The van der Waals surface area contributed by atoms with Crippen molar-refractivity contribution in [1.29, 1.82) is 0 Å². The molecule has 1 aliphatic heterocycles. The SMILES string of the molecule is Cc1nn(C)c2nc([C@H]3CCCN(C(=O)c4ccsc4)C3)ccc12. The van der Waals surface area contributed by atoms with E-state index in [1.807, 2.05) is 40.4 Å². The van der Waals surface area contributed by atoms with Gasteiger partial charge in [-0.15, -0.1) is 0 Å². The number of fused-ring (bicyclic) bond motifs is 1. The molecule has 0 radical (unpaired) electrons. The fourth-order valence-electron chi connectivity index (χ4n) is 3.52. The van der Waals surface area contributed by atoms with Gasteiger partial charge in [-0.1, -0.05) is 0 Å². The molecule has 1 fully saturated rings. The van der Waals surface area contributed by atoms with Crippen LogP contribution in [0.3, 0.4) is 0 Å². The number of likely N-dealkylation sites (tertiary alicyclic amines) is 1. The molecule has 3 aromatic rings. The van der Waals surface area contributed by atoms with Gasteiger partial charge in [0, 0.05) is 42.5 Å². The van der Waals surface area contributed by atoms with Crippen molar-refractivity contribution in [1.82, 2.24) is 19.7 Å². The number of rotatable bonds is 2. The van der Waals surface area contributed by atoms with E-state index >= 15 is 0 Å². The van der Waals surface area contributed by atoms with Crippen LogP contribution in [0.1, 0.15) is 40.5 Å². The molecule has 1 atom stereocenters. The third-order valence-corrected chi connectivity index (χ3v) is 5.47. The third-order valence-electron chi connectivity index (χ3n) is 4.79. The number of carbonyl (C=O) groups is 1. The van der Waals surface area contributed by atoms with Gasteiger partial charge in [-0.05, 0) is 43.3 Å². The summed E-state index contributed by atoms with van der Waals surface area (Å²) < 4.78 is 1.84. The Kier molecular flexibility index (Phi) is 3.84. The van der Waals surface area contributed by atoms with E-state index in [1.165, 1.54) is 0 Å². The van der Waals surface area contributed by atoms with Crippen molar-refractivity contribution in [2.45, 2.75) is 25.7 Å². The maximum absolute atomic E-state index is 12.6. The van der Waals surface area contributed by atoms with E-state index in [-0.39, 0.29) is 5.91 Å². The van der Waals surface area contributed by atoms with Crippen molar-refractivity contribution in [3.05, 3.63) is 45.9 Å². The molecule has 3 aromatic heterocycles. The number of carbonyl (C=O) groups excluding carboxylic acids is 1. The van der Waals surface area contributed by atoms with Crippen LogP contribution in [0, 0.1) is 6.92 Å². The highest BCUT2D eigenvalue weighted by atomic mass is 32.1. The Morgan fingerprint density at radius 1 is 1.33 bits per heavy atom. The highest BCUT2D eigenvalue weighted by Gasteiger charge is 2.27. The maximum Gasteiger partial charge on any atom is 0.254 e. The van der Waals surface area contributed by atoms with Gasteiger partial charge >= 0.3 is 0 Å². The molecule has 1 aliphatic rings. The Balaban J connectivity index is 1.60. The fourth-order valence-corrected chi connectivity index (χ4v) is 4.15. The van der Waals surface area contributed by atoms with Crippen LogP contribution in [0.4, 0.5) is 0 Å². The van der Waals surface area contributed by atoms with E-state index in [0.29, 0.717) is 5.92 Å². The van der Waals surface area contributed by atoms with Gasteiger partial charge < -0.3 is 4.90 Å². The van der Waals surface area contributed by atoms with Gasteiger partial charge in [0.1, 0.15) is 0 Å². The van der Waals surface area contributed by atoms with Crippen LogP contribution in [-0.4, -0.2) is 38.7 Å². The summed E-state index contributed by atoms with van der Waals surface area (Å²) in [6.45, 7) is 3.58. The Labute approximate surface area is 144 Å². The highest BCUT2D eigenvalue weighted by molar-refractivity contribution is 7.08. The van der Waals surface area contributed by atoms with Crippen molar-refractivity contribution in [2.75, 3.05) is 13.1 Å². The zero-order chi connectivity index (χ0) is 16.7. The van der Waals surface area contributed by atoms with Crippen LogP contribution in [0.5, 0.6) is 0 Å². The van der Waals surface area contributed by atoms with E-state index < -0.39 is 0 Å². The quantitative estimate of drug-likeness (QED) is 0.719. The molecule has 0 unspecified atom stereocenters. The number of thiophene rings is 1. The molecule has 0 bridgehead atoms. The zero-order valence-corrected chi connectivity index (χ0v) is 14.7. The summed E-state index contributed by atoms with van der Waals surface area (Å²) in [5.74, 6) is 0.430. The van der Waals surface area contributed by atoms with Crippen LogP contribution in [0.25, 0.3) is 11.0 Å². The number of pyridine rings is 1. The Bertz CT molecular complexity index is 884. The largest absolute Gasteiger partial charge is 0.338 e. The van der Waals surface area contributed by atoms with Crippen molar-refractivity contribution in [2.24, 2.45) is 7.05 Å². The van der Waals surface area contributed by atoms with Gasteiger partial charge in [0.2, 0.25) is 0 Å². The van der Waals surface area contributed by atoms with Gasteiger partial charge in [-0.3, -0.25) is 9.48 Å². The summed E-state index contributed by atoms with van der Waals surface area (Å²) >= 11 is 1.56. The molecular formula is C18H20N4OS. The van der Waals surface area contributed by atoms with E-state index in [1.54, 1.807) is 11.3 Å². The average Bonchev–Trinajstić information content (AvgIpc) is 3.23. The molecule has 0 spiro atoms. The summed E-state index contributed by atoms with van der Waals surface area (Å²) in [6.07, 6.45) is 2.09. The van der Waals surface area contributed by atoms with Gasteiger partial charge in [0.25, 0.3) is 5.91 Å². The van der Waals surface area contributed by atoms with Gasteiger partial charge in [0.15, 0.2) is 5.65 Å². The smallest absolute Gasteiger partial charge is 0.254 e. The van der Waals surface area contributed by atoms with Crippen LogP contribution in [0.15, 0.2) is 29.0 Å². The molecule has 0 N–H and O–H groups in total. The number of hydrogen-bond acceptors (Lipinski definition) is 4. The molecule has 5 nitrogen and oxygen atoms in total. The van der Waals surface area contributed by atoms with Gasteiger partial charge in [-0.2, -0.15) is 16.4 Å². The molecule has 1 amide bonds. The summed E-state index contributed by atoms with van der Waals surface area (Å²) in [7, 11) is 1.93. The lowest BCUT2D eigenvalue weighted by Crippen LogP contribution is -2.39. The van der Waals surface area contributed by atoms with Gasteiger partial charge in [-0.25, -0.2) is 4.98 Å². The molecule has 1 saturated heterocycles. The zero-order valence-electron chi connectivity index (χ0n) is 13.9. The Hall–Kier alpha value is -2.21. The van der Waals surface area contributed by atoms with Crippen molar-refractivity contribution in [3.8, 4) is 0 Å². The normalized spacial score (nSPS) is 18.2. The maximum atomic E-state index is 12.6. The van der Waals surface area contributed by atoms with Crippen molar-refractivity contribution < 1.29 is 4.79 Å². The van der Waals surface area contributed by atoms with E-state index in [4.69, 9.17) is 4.98 Å². The van der Waals surface area contributed by atoms with Crippen LogP contribution in [-0.2, 0) is 7.05 Å². The average molecular weight is 340 g/mol. The topological polar surface area (TPSA) is 51.0 Å². The minimum absolute atomic E-state index is 0.137. The first-order valence-corrected chi connectivity index (χ1v) is 9.19. The molecule has 124 valence electrons. The number of piperidine rings is 1. The summed E-state index contributed by atoms with van der Waals surface area (Å²) in [4.78, 5) is 19.4. The summed E-state index contributed by atoms with van der Waals surface area (Å²) in [5, 5.41) is 9.42. The highest BCUT2D eigenvalue weighted by Crippen LogP contribution is 2.28. The van der Waals surface area contributed by atoms with Crippen LogP contribution < -0.4 is 0 Å². The number of aromatic nitrogens is 3. The van der Waals surface area contributed by atoms with Gasteiger partial charge in [0.05, 0.1) is 11.3 Å². The second-order valence-corrected chi connectivity index (χ2v) is 7.20. The van der Waals surface area contributed by atoms with E-state index in [9.17, 15) is 4.79 Å². The first-order chi connectivity index (χ1) is 11.6. The monoisotopic (exact) mass is 340 g/mol. The van der Waals surface area contributed by atoms with Crippen molar-refractivity contribution in [3.63, 3.8) is 0 Å². The Morgan fingerprint density at radius 2 is 2.21 bits per heavy atom. The number of aryl methyl sites for hydroxylation is 2. The minimum Gasteiger partial charge on any atom is -0.338 e. The molecule has 4 heterocycles. The first kappa shape index (κ1) is 15.3. The van der Waals surface area contributed by atoms with E-state index in [0.717, 1.165) is 53.9 Å². The number of hydrogen-bond donors (Lipinski definition) is 0. The van der Waals surface area contributed by atoms with E-state index in [2.05, 4.69) is 17.2 Å². The second-order valence-electron chi connectivity index (χ2n) is 6.42. The van der Waals surface area contributed by atoms with Crippen LogP contribution in [0.2, 0.25) is 0 Å². The minimum atomic E-state index is 0.137. The summed E-state index contributed by atoms with van der Waals surface area (Å²) in [5.41, 5.74) is 3.79. The predicted molar refractivity (Wildman–Crippen MR) is 95.4 cm³/mol. The molecule has 0 saturated carbocycles. The fraction of sp³-hybridized carbons (Fsp3) is 0.389. The molecule has 0 aromatic carbocycles. The van der Waals surface area contributed by atoms with Crippen molar-refractivity contribution >= 4 is 28.3 Å². The number of nitrogens with zero attached hydrogens (tertiary/aromatic N) is 4. The molecule has 24 heavy (non-hydrogen) atoms. The second kappa shape index (κ2) is 6.02. The predicted octanol–water partition coefficient (Wildman–Crippen LogP) is 3.36.